The topological polar surface area (TPSA) is 83.4 Å². The van der Waals surface area contributed by atoms with Gasteiger partial charge in [0.05, 0.1) is 19.8 Å². The van der Waals surface area contributed by atoms with Crippen LogP contribution in [0.4, 0.5) is 0 Å². The van der Waals surface area contributed by atoms with Crippen LogP contribution in [0, 0.1) is 0 Å². The van der Waals surface area contributed by atoms with E-state index in [9.17, 15) is 0 Å². The first kappa shape index (κ1) is 17.1. The molecule has 0 spiro atoms. The molecule has 1 saturated carbocycles. The van der Waals surface area contributed by atoms with Gasteiger partial charge in [0.25, 0.3) is 0 Å². The monoisotopic (exact) mass is 349 g/mol. The molecule has 2 aromatic rings. The molecule has 3 rings (SSSR count). The van der Waals surface area contributed by atoms with Crippen molar-refractivity contribution in [3.05, 3.63) is 29.9 Å². The molecule has 1 aliphatic rings. The Morgan fingerprint density at radius 2 is 1.96 bits per heavy atom. The number of methoxy groups -OCH3 is 2. The van der Waals surface area contributed by atoms with E-state index in [2.05, 4.69) is 10.1 Å². The zero-order valence-corrected chi connectivity index (χ0v) is 14.9. The van der Waals surface area contributed by atoms with E-state index in [0.717, 1.165) is 47.8 Å². The van der Waals surface area contributed by atoms with Crippen molar-refractivity contribution >= 4 is 11.8 Å². The standard InChI is InChI=1S/C17H23N3O3S/c1-21-13-6-5-12(11-14(13)22-2)24-10-7-15-19-16(20-23-15)17(18)8-3-4-9-17/h5-6,11H,3-4,7-10,18H2,1-2H3. The van der Waals surface area contributed by atoms with Gasteiger partial charge in [0, 0.05) is 17.1 Å². The molecule has 6 nitrogen and oxygen atoms in total. The third-order valence-electron chi connectivity index (χ3n) is 4.35. The lowest BCUT2D eigenvalue weighted by molar-refractivity contribution is 0.351. The molecular weight excluding hydrogens is 326 g/mol. The summed E-state index contributed by atoms with van der Waals surface area (Å²) in [5.74, 6) is 3.61. The van der Waals surface area contributed by atoms with Crippen LogP contribution < -0.4 is 15.2 Å². The summed E-state index contributed by atoms with van der Waals surface area (Å²) in [7, 11) is 3.27. The van der Waals surface area contributed by atoms with Crippen molar-refractivity contribution in [1.29, 1.82) is 0 Å². The molecule has 0 saturated heterocycles. The Bertz CT molecular complexity index is 683. The molecular formula is C17H23N3O3S. The second-order valence-electron chi connectivity index (χ2n) is 5.99. The maximum Gasteiger partial charge on any atom is 0.227 e. The van der Waals surface area contributed by atoms with Gasteiger partial charge in [-0.15, -0.1) is 11.8 Å². The van der Waals surface area contributed by atoms with E-state index in [1.54, 1.807) is 26.0 Å². The third kappa shape index (κ3) is 3.67. The molecule has 1 fully saturated rings. The lowest BCUT2D eigenvalue weighted by Crippen LogP contribution is -2.34. The van der Waals surface area contributed by atoms with Crippen molar-refractivity contribution in [1.82, 2.24) is 10.1 Å². The van der Waals surface area contributed by atoms with Crippen molar-refractivity contribution in [2.45, 2.75) is 42.5 Å². The van der Waals surface area contributed by atoms with Gasteiger partial charge in [-0.25, -0.2) is 0 Å². The van der Waals surface area contributed by atoms with Crippen LogP contribution in [0.3, 0.4) is 0 Å². The highest BCUT2D eigenvalue weighted by Crippen LogP contribution is 2.35. The molecule has 0 bridgehead atoms. The Hall–Kier alpha value is -1.73. The minimum atomic E-state index is -0.391. The molecule has 7 heteroatoms. The Morgan fingerprint density at radius 1 is 1.21 bits per heavy atom. The second kappa shape index (κ2) is 7.44. The van der Waals surface area contributed by atoms with Crippen molar-refractivity contribution in [3.8, 4) is 11.5 Å². The van der Waals surface area contributed by atoms with E-state index in [0.29, 0.717) is 18.1 Å². The van der Waals surface area contributed by atoms with E-state index < -0.39 is 5.54 Å². The van der Waals surface area contributed by atoms with Crippen LogP contribution >= 0.6 is 11.8 Å². The zero-order valence-electron chi connectivity index (χ0n) is 14.1. The highest BCUT2D eigenvalue weighted by Gasteiger charge is 2.35. The Balaban J connectivity index is 1.56. The first-order valence-corrected chi connectivity index (χ1v) is 9.10. The Kier molecular flexibility index (Phi) is 5.30. The van der Waals surface area contributed by atoms with Crippen molar-refractivity contribution in [2.75, 3.05) is 20.0 Å². The first-order valence-electron chi connectivity index (χ1n) is 8.11. The number of nitrogens with zero attached hydrogens (tertiary/aromatic N) is 2. The maximum absolute atomic E-state index is 6.36. The summed E-state index contributed by atoms with van der Waals surface area (Å²) in [5.41, 5.74) is 5.97. The van der Waals surface area contributed by atoms with E-state index in [1.165, 1.54) is 0 Å². The van der Waals surface area contributed by atoms with Gasteiger partial charge in [0.1, 0.15) is 0 Å². The number of rotatable bonds is 7. The smallest absolute Gasteiger partial charge is 0.227 e. The predicted molar refractivity (Wildman–Crippen MR) is 92.6 cm³/mol. The largest absolute Gasteiger partial charge is 0.493 e. The summed E-state index contributed by atoms with van der Waals surface area (Å²) >= 11 is 1.71. The minimum absolute atomic E-state index is 0.391. The van der Waals surface area contributed by atoms with Gasteiger partial charge >= 0.3 is 0 Å². The van der Waals surface area contributed by atoms with Gasteiger partial charge in [-0.2, -0.15) is 4.98 Å². The molecule has 0 unspecified atom stereocenters. The number of aryl methyl sites for hydroxylation is 1. The van der Waals surface area contributed by atoms with Crippen LogP contribution in [0.25, 0.3) is 0 Å². The maximum atomic E-state index is 6.36. The highest BCUT2D eigenvalue weighted by molar-refractivity contribution is 7.99. The van der Waals surface area contributed by atoms with Crippen LogP contribution in [-0.4, -0.2) is 30.1 Å². The molecule has 0 aliphatic heterocycles. The summed E-state index contributed by atoms with van der Waals surface area (Å²) < 4.78 is 15.9. The molecule has 24 heavy (non-hydrogen) atoms. The van der Waals surface area contributed by atoms with Crippen LogP contribution in [0.15, 0.2) is 27.6 Å². The summed E-state index contributed by atoms with van der Waals surface area (Å²) in [4.78, 5) is 5.61. The molecule has 1 heterocycles. The van der Waals surface area contributed by atoms with Crippen LogP contribution in [0.2, 0.25) is 0 Å². The first-order chi connectivity index (χ1) is 11.6. The van der Waals surface area contributed by atoms with Gasteiger partial charge in [-0.3, -0.25) is 0 Å². The van der Waals surface area contributed by atoms with Gasteiger partial charge in [-0.05, 0) is 31.0 Å². The van der Waals surface area contributed by atoms with E-state index in [-0.39, 0.29) is 0 Å². The average molecular weight is 349 g/mol. The summed E-state index contributed by atoms with van der Waals surface area (Å²) in [6.45, 7) is 0. The van der Waals surface area contributed by atoms with Crippen LogP contribution in [0.1, 0.15) is 37.4 Å². The van der Waals surface area contributed by atoms with Crippen molar-refractivity contribution in [2.24, 2.45) is 5.73 Å². The lowest BCUT2D eigenvalue weighted by Gasteiger charge is -2.17. The Labute approximate surface area is 146 Å². The summed E-state index contributed by atoms with van der Waals surface area (Å²) in [6.07, 6.45) is 4.85. The molecule has 2 N–H and O–H groups in total. The lowest BCUT2D eigenvalue weighted by atomic mass is 9.99. The number of ether oxygens (including phenoxy) is 2. The van der Waals surface area contributed by atoms with Crippen molar-refractivity contribution < 1.29 is 14.0 Å². The zero-order chi connectivity index (χ0) is 17.0. The van der Waals surface area contributed by atoms with Crippen molar-refractivity contribution in [3.63, 3.8) is 0 Å². The number of benzene rings is 1. The molecule has 130 valence electrons. The second-order valence-corrected chi connectivity index (χ2v) is 7.16. The summed E-state index contributed by atoms with van der Waals surface area (Å²) in [5, 5.41) is 4.09. The predicted octanol–water partition coefficient (Wildman–Crippen LogP) is 3.15. The van der Waals surface area contributed by atoms with Gasteiger partial charge in [0.2, 0.25) is 5.89 Å². The van der Waals surface area contributed by atoms with E-state index in [4.69, 9.17) is 19.7 Å². The Morgan fingerprint density at radius 3 is 2.67 bits per heavy atom. The number of aromatic nitrogens is 2. The highest BCUT2D eigenvalue weighted by atomic mass is 32.2. The third-order valence-corrected chi connectivity index (χ3v) is 5.34. The molecule has 0 atom stereocenters. The van der Waals surface area contributed by atoms with Crippen LogP contribution in [-0.2, 0) is 12.0 Å². The quantitative estimate of drug-likeness (QED) is 0.769. The molecule has 1 aliphatic carbocycles. The van der Waals surface area contributed by atoms with E-state index in [1.807, 2.05) is 18.2 Å². The normalized spacial score (nSPS) is 16.3. The molecule has 1 aromatic carbocycles. The number of hydrogen-bond acceptors (Lipinski definition) is 7. The summed E-state index contributed by atoms with van der Waals surface area (Å²) in [6, 6.07) is 5.89. The van der Waals surface area contributed by atoms with Gasteiger partial charge in [-0.1, -0.05) is 18.0 Å². The molecule has 0 amide bonds. The van der Waals surface area contributed by atoms with E-state index >= 15 is 0 Å². The number of thioether (sulfide) groups is 1. The van der Waals surface area contributed by atoms with Crippen LogP contribution in [0.5, 0.6) is 11.5 Å². The van der Waals surface area contributed by atoms with Gasteiger partial charge < -0.3 is 19.7 Å². The molecule has 0 radical (unpaired) electrons. The minimum Gasteiger partial charge on any atom is -0.493 e. The fourth-order valence-corrected chi connectivity index (χ4v) is 3.82. The fraction of sp³-hybridized carbons (Fsp3) is 0.529. The average Bonchev–Trinajstić information content (AvgIpc) is 3.25. The van der Waals surface area contributed by atoms with Gasteiger partial charge in [0.15, 0.2) is 17.3 Å². The fourth-order valence-electron chi connectivity index (χ4n) is 2.95. The number of hydrogen-bond donors (Lipinski definition) is 1. The molecule has 1 aromatic heterocycles. The number of nitrogens with two attached hydrogens (primary N) is 1. The SMILES string of the molecule is COc1ccc(SCCc2nc(C3(N)CCCC3)no2)cc1OC.